The third kappa shape index (κ3) is 3.93. The molecule has 0 heterocycles. The van der Waals surface area contributed by atoms with Crippen molar-refractivity contribution in [2.75, 3.05) is 0 Å². The summed E-state index contributed by atoms with van der Waals surface area (Å²) >= 11 is 0. The van der Waals surface area contributed by atoms with Gasteiger partial charge in [0.2, 0.25) is 0 Å². The van der Waals surface area contributed by atoms with Gasteiger partial charge in [0.1, 0.15) is 0 Å². The van der Waals surface area contributed by atoms with E-state index in [0.717, 1.165) is 12.5 Å². The van der Waals surface area contributed by atoms with E-state index in [0.29, 0.717) is 5.04 Å². The van der Waals surface area contributed by atoms with Crippen molar-refractivity contribution in [1.82, 2.24) is 0 Å². The van der Waals surface area contributed by atoms with E-state index in [1.165, 1.54) is 30.4 Å². The Hall–Kier alpha value is -0.603. The van der Waals surface area contributed by atoms with Crippen LogP contribution < -0.4 is 0 Å². The Kier molecular flexibility index (Phi) is 4.22. The van der Waals surface area contributed by atoms with E-state index in [9.17, 15) is 0 Å². The van der Waals surface area contributed by atoms with E-state index in [2.05, 4.69) is 58.1 Å². The van der Waals surface area contributed by atoms with Gasteiger partial charge in [0.15, 0.2) is 8.32 Å². The molecule has 1 nitrogen and oxygen atoms in total. The molecule has 1 aromatic carbocycles. The van der Waals surface area contributed by atoms with Gasteiger partial charge >= 0.3 is 0 Å². The zero-order valence-corrected chi connectivity index (χ0v) is 14.1. The van der Waals surface area contributed by atoms with E-state index in [1.54, 1.807) is 0 Å². The van der Waals surface area contributed by atoms with Crippen molar-refractivity contribution in [1.29, 1.82) is 0 Å². The minimum Gasteiger partial charge on any atom is -0.413 e. The van der Waals surface area contributed by atoms with Crippen LogP contribution in [0.15, 0.2) is 24.3 Å². The topological polar surface area (TPSA) is 9.23 Å². The highest BCUT2D eigenvalue weighted by atomic mass is 28.4. The summed E-state index contributed by atoms with van der Waals surface area (Å²) in [7, 11) is -1.63. The monoisotopic (exact) mass is 276 g/mol. The van der Waals surface area contributed by atoms with Crippen molar-refractivity contribution >= 4 is 8.32 Å². The Balaban J connectivity index is 2.02. The van der Waals surface area contributed by atoms with Crippen molar-refractivity contribution in [3.8, 4) is 0 Å². The molecule has 0 aliphatic heterocycles. The molecule has 0 N–H and O–H groups in total. The van der Waals surface area contributed by atoms with Crippen LogP contribution in [0.5, 0.6) is 0 Å². The van der Waals surface area contributed by atoms with E-state index >= 15 is 0 Å². The van der Waals surface area contributed by atoms with Gasteiger partial charge in [-0.3, -0.25) is 0 Å². The predicted octanol–water partition coefficient (Wildman–Crippen LogP) is 5.16. The number of rotatable bonds is 5. The average Bonchev–Trinajstić information content (AvgIpc) is 3.10. The Morgan fingerprint density at radius 3 is 2.21 bits per heavy atom. The van der Waals surface area contributed by atoms with Crippen LogP contribution in [0, 0.1) is 5.92 Å². The molecular weight excluding hydrogens is 248 g/mol. The van der Waals surface area contributed by atoms with Crippen molar-refractivity contribution in [3.05, 3.63) is 35.4 Å². The molecule has 1 aromatic rings. The normalized spacial score (nSPS) is 16.7. The number of hydrogen-bond donors (Lipinski definition) is 0. The molecular formula is C17H28OSi. The Morgan fingerprint density at radius 1 is 1.11 bits per heavy atom. The summed E-state index contributed by atoms with van der Waals surface area (Å²) in [5.74, 6) is 0.939. The molecule has 0 radical (unpaired) electrons. The van der Waals surface area contributed by atoms with Crippen molar-refractivity contribution in [2.45, 2.75) is 64.8 Å². The lowest BCUT2D eigenvalue weighted by Crippen LogP contribution is -2.40. The van der Waals surface area contributed by atoms with Gasteiger partial charge in [-0.2, -0.15) is 0 Å². The first-order valence-electron chi connectivity index (χ1n) is 7.50. The molecule has 106 valence electrons. The molecule has 0 amide bonds. The maximum absolute atomic E-state index is 6.36. The maximum atomic E-state index is 6.36. The molecule has 0 spiro atoms. The van der Waals surface area contributed by atoms with E-state index < -0.39 is 8.32 Å². The van der Waals surface area contributed by atoms with Gasteiger partial charge in [-0.05, 0) is 54.4 Å². The Labute approximate surface area is 119 Å². The molecule has 1 aliphatic carbocycles. The van der Waals surface area contributed by atoms with Crippen LogP contribution in [-0.2, 0) is 17.5 Å². The van der Waals surface area contributed by atoms with E-state index in [-0.39, 0.29) is 0 Å². The first-order chi connectivity index (χ1) is 8.79. The van der Waals surface area contributed by atoms with Crippen molar-refractivity contribution in [3.63, 3.8) is 0 Å². The SMILES string of the molecule is CC(C)(C)[Si](C)(C)OCc1ccccc1CC1CC1. The minimum atomic E-state index is -1.63. The van der Waals surface area contributed by atoms with Crippen molar-refractivity contribution < 1.29 is 4.43 Å². The Bertz CT molecular complexity index is 427. The molecule has 2 rings (SSSR count). The summed E-state index contributed by atoms with van der Waals surface area (Å²) in [5.41, 5.74) is 2.91. The van der Waals surface area contributed by atoms with Crippen LogP contribution in [0.3, 0.4) is 0 Å². The fourth-order valence-electron chi connectivity index (χ4n) is 2.01. The second-order valence-electron chi connectivity index (χ2n) is 7.47. The Morgan fingerprint density at radius 2 is 1.68 bits per heavy atom. The summed E-state index contributed by atoms with van der Waals surface area (Å²) in [5, 5.41) is 0.290. The molecule has 1 saturated carbocycles. The molecule has 1 aliphatic rings. The largest absolute Gasteiger partial charge is 0.413 e. The summed E-state index contributed by atoms with van der Waals surface area (Å²) in [4.78, 5) is 0. The highest BCUT2D eigenvalue weighted by molar-refractivity contribution is 6.74. The first-order valence-corrected chi connectivity index (χ1v) is 10.4. The highest BCUT2D eigenvalue weighted by Crippen LogP contribution is 2.38. The van der Waals surface area contributed by atoms with Crippen molar-refractivity contribution in [2.24, 2.45) is 5.92 Å². The zero-order valence-electron chi connectivity index (χ0n) is 13.1. The quantitative estimate of drug-likeness (QED) is 0.675. The van der Waals surface area contributed by atoms with Gasteiger partial charge in [0.25, 0.3) is 0 Å². The summed E-state index contributed by atoms with van der Waals surface area (Å²) in [6, 6.07) is 8.82. The van der Waals surface area contributed by atoms with Crippen LogP contribution in [0.4, 0.5) is 0 Å². The van der Waals surface area contributed by atoms with Crippen LogP contribution in [0.1, 0.15) is 44.7 Å². The number of hydrogen-bond acceptors (Lipinski definition) is 1. The lowest BCUT2D eigenvalue weighted by Gasteiger charge is -2.36. The predicted molar refractivity (Wildman–Crippen MR) is 84.9 cm³/mol. The van der Waals surface area contributed by atoms with Crippen LogP contribution in [0.2, 0.25) is 18.1 Å². The molecule has 0 bridgehead atoms. The molecule has 1 fully saturated rings. The third-order valence-corrected chi connectivity index (χ3v) is 9.20. The van der Waals surface area contributed by atoms with E-state index in [1.807, 2.05) is 0 Å². The van der Waals surface area contributed by atoms with Crippen LogP contribution in [0.25, 0.3) is 0 Å². The fraction of sp³-hybridized carbons (Fsp3) is 0.647. The van der Waals surface area contributed by atoms with E-state index in [4.69, 9.17) is 4.43 Å². The summed E-state index contributed by atoms with van der Waals surface area (Å²) < 4.78 is 6.36. The molecule has 0 saturated heterocycles. The fourth-order valence-corrected chi connectivity index (χ4v) is 2.95. The summed E-state index contributed by atoms with van der Waals surface area (Å²) in [6.45, 7) is 12.4. The lowest BCUT2D eigenvalue weighted by atomic mass is 10.0. The second-order valence-corrected chi connectivity index (χ2v) is 12.3. The standard InChI is InChI=1S/C17H28OSi/c1-17(2,3)19(4,5)18-13-16-9-7-6-8-15(16)12-14-10-11-14/h6-9,14H,10-13H2,1-5H3. The van der Waals surface area contributed by atoms with Crippen LogP contribution in [-0.4, -0.2) is 8.32 Å². The summed E-state index contributed by atoms with van der Waals surface area (Å²) in [6.07, 6.45) is 4.08. The average molecular weight is 276 g/mol. The highest BCUT2D eigenvalue weighted by Gasteiger charge is 2.37. The number of benzene rings is 1. The lowest BCUT2D eigenvalue weighted by molar-refractivity contribution is 0.275. The second kappa shape index (κ2) is 5.41. The smallest absolute Gasteiger partial charge is 0.192 e. The van der Waals surface area contributed by atoms with Gasteiger partial charge in [-0.15, -0.1) is 0 Å². The molecule has 0 unspecified atom stereocenters. The molecule has 0 atom stereocenters. The first kappa shape index (κ1) is 14.8. The third-order valence-electron chi connectivity index (χ3n) is 4.72. The molecule has 0 aromatic heterocycles. The zero-order chi connectivity index (χ0) is 14.1. The van der Waals surface area contributed by atoms with Crippen LogP contribution >= 0.6 is 0 Å². The van der Waals surface area contributed by atoms with Gasteiger partial charge in [-0.1, -0.05) is 45.0 Å². The maximum Gasteiger partial charge on any atom is 0.192 e. The molecule has 2 heteroatoms. The van der Waals surface area contributed by atoms with Gasteiger partial charge in [-0.25, -0.2) is 0 Å². The van der Waals surface area contributed by atoms with Gasteiger partial charge < -0.3 is 4.43 Å². The van der Waals surface area contributed by atoms with Gasteiger partial charge in [0, 0.05) is 0 Å². The molecule has 19 heavy (non-hydrogen) atoms. The van der Waals surface area contributed by atoms with Gasteiger partial charge in [0.05, 0.1) is 6.61 Å². The minimum absolute atomic E-state index is 0.290.